The van der Waals surface area contributed by atoms with Gasteiger partial charge in [-0.3, -0.25) is 4.79 Å². The zero-order valence-corrected chi connectivity index (χ0v) is 14.8. The molecule has 2 aromatic rings. The number of hydrogen-bond acceptors (Lipinski definition) is 5. The second-order valence-electron chi connectivity index (χ2n) is 5.56. The fourth-order valence-corrected chi connectivity index (χ4v) is 2.26. The molecular formula is C18H19ClN2O4. The summed E-state index contributed by atoms with van der Waals surface area (Å²) in [6.07, 6.45) is 0.558. The Morgan fingerprint density at radius 1 is 1.32 bits per heavy atom. The zero-order chi connectivity index (χ0) is 18.6. The Kier molecular flexibility index (Phi) is 5.88. The van der Waals surface area contributed by atoms with Crippen molar-refractivity contribution >= 4 is 23.7 Å². The van der Waals surface area contributed by atoms with E-state index >= 15 is 0 Å². The van der Waals surface area contributed by atoms with E-state index in [0.717, 1.165) is 11.1 Å². The minimum absolute atomic E-state index is 0.0144. The number of halogens is 1. The van der Waals surface area contributed by atoms with Crippen LogP contribution in [0.1, 0.15) is 23.6 Å². The molecular weight excluding hydrogens is 344 g/mol. The second kappa shape index (κ2) is 7.90. The zero-order valence-electron chi connectivity index (χ0n) is 14.1. The number of carbonyl (C=O) groups excluding carboxylic acids is 1. The third-order valence-corrected chi connectivity index (χ3v) is 3.97. The van der Waals surface area contributed by atoms with E-state index in [9.17, 15) is 15.0 Å². The molecule has 0 unspecified atom stereocenters. The topological polar surface area (TPSA) is 91.2 Å². The molecule has 7 heteroatoms. The van der Waals surface area contributed by atoms with Gasteiger partial charge in [-0.15, -0.1) is 0 Å². The number of hydrogen-bond donors (Lipinski definition) is 3. The van der Waals surface area contributed by atoms with Crippen molar-refractivity contribution in [3.63, 3.8) is 0 Å². The summed E-state index contributed by atoms with van der Waals surface area (Å²) < 4.78 is 5.66. The molecule has 6 nitrogen and oxygen atoms in total. The third-order valence-electron chi connectivity index (χ3n) is 3.68. The first kappa shape index (κ1) is 18.6. The lowest BCUT2D eigenvalue weighted by molar-refractivity contribution is -0.127. The van der Waals surface area contributed by atoms with Crippen LogP contribution in [0.4, 0.5) is 0 Å². The first-order chi connectivity index (χ1) is 11.8. The van der Waals surface area contributed by atoms with Gasteiger partial charge in [0, 0.05) is 0 Å². The maximum Gasteiger partial charge on any atom is 0.280 e. The van der Waals surface area contributed by atoms with E-state index in [-0.39, 0.29) is 10.8 Å². The predicted molar refractivity (Wildman–Crippen MR) is 96.5 cm³/mol. The largest absolute Gasteiger partial charge is 0.504 e. The van der Waals surface area contributed by atoms with Crippen LogP contribution in [0, 0.1) is 13.8 Å². The molecule has 0 aliphatic carbocycles. The Morgan fingerprint density at radius 2 is 2.04 bits per heavy atom. The molecule has 0 radical (unpaired) electrons. The van der Waals surface area contributed by atoms with Gasteiger partial charge in [0.2, 0.25) is 0 Å². The monoisotopic (exact) mass is 362 g/mol. The molecule has 2 rings (SSSR count). The first-order valence-corrected chi connectivity index (χ1v) is 7.94. The molecule has 0 fully saturated rings. The lowest BCUT2D eigenvalue weighted by atomic mass is 10.1. The highest BCUT2D eigenvalue weighted by molar-refractivity contribution is 6.32. The normalized spacial score (nSPS) is 12.2. The number of amides is 1. The summed E-state index contributed by atoms with van der Waals surface area (Å²) in [7, 11) is 0. The van der Waals surface area contributed by atoms with E-state index < -0.39 is 17.8 Å². The average molecular weight is 363 g/mol. The standard InChI is InChI=1S/C18H19ClN2O4/c1-10-5-4-6-16(11(10)2)25-12(3)18(24)21-20-9-13-7-14(19)17(23)15(22)8-13/h4-9,12,22-23H,1-3H3,(H,21,24)/b20-9+/t12-/m0/s1. The Bertz CT molecular complexity index is 798. The van der Waals surface area contributed by atoms with Gasteiger partial charge in [0.25, 0.3) is 5.91 Å². The van der Waals surface area contributed by atoms with Crippen LogP contribution in [0.15, 0.2) is 35.4 Å². The molecule has 0 aliphatic heterocycles. The van der Waals surface area contributed by atoms with Gasteiger partial charge in [-0.05, 0) is 55.7 Å². The molecule has 1 atom stereocenters. The van der Waals surface area contributed by atoms with Crippen LogP contribution in [-0.4, -0.2) is 28.4 Å². The van der Waals surface area contributed by atoms with E-state index in [4.69, 9.17) is 16.3 Å². The Balaban J connectivity index is 1.98. The van der Waals surface area contributed by atoms with Crippen molar-refractivity contribution < 1.29 is 19.7 Å². The van der Waals surface area contributed by atoms with Crippen molar-refractivity contribution in [1.29, 1.82) is 0 Å². The molecule has 0 aliphatic rings. The minimum Gasteiger partial charge on any atom is -0.504 e. The van der Waals surface area contributed by atoms with E-state index in [1.807, 2.05) is 26.0 Å². The lowest BCUT2D eigenvalue weighted by Gasteiger charge is -2.15. The molecule has 0 spiro atoms. The molecule has 0 aromatic heterocycles. The van der Waals surface area contributed by atoms with Gasteiger partial charge in [0.15, 0.2) is 17.6 Å². The molecule has 0 bridgehead atoms. The van der Waals surface area contributed by atoms with Crippen LogP contribution in [0.3, 0.4) is 0 Å². The van der Waals surface area contributed by atoms with Crippen LogP contribution < -0.4 is 10.2 Å². The maximum absolute atomic E-state index is 12.1. The molecule has 0 heterocycles. The van der Waals surface area contributed by atoms with Crippen molar-refractivity contribution in [1.82, 2.24) is 5.43 Å². The second-order valence-corrected chi connectivity index (χ2v) is 5.97. The summed E-state index contributed by atoms with van der Waals surface area (Å²) in [4.78, 5) is 12.1. The van der Waals surface area contributed by atoms with Gasteiger partial charge in [-0.25, -0.2) is 5.43 Å². The number of ether oxygens (including phenoxy) is 1. The van der Waals surface area contributed by atoms with Crippen LogP contribution >= 0.6 is 11.6 Å². The minimum atomic E-state index is -0.741. The molecule has 0 saturated carbocycles. The summed E-state index contributed by atoms with van der Waals surface area (Å²) in [6.45, 7) is 5.51. The quantitative estimate of drug-likeness (QED) is 0.432. The highest BCUT2D eigenvalue weighted by Gasteiger charge is 2.15. The highest BCUT2D eigenvalue weighted by Crippen LogP contribution is 2.33. The van der Waals surface area contributed by atoms with E-state index in [1.165, 1.54) is 18.3 Å². The molecule has 0 saturated heterocycles. The fourth-order valence-electron chi connectivity index (χ4n) is 2.04. The highest BCUT2D eigenvalue weighted by atomic mass is 35.5. The van der Waals surface area contributed by atoms with Gasteiger partial charge in [-0.1, -0.05) is 23.7 Å². The van der Waals surface area contributed by atoms with Crippen molar-refractivity contribution in [3.8, 4) is 17.2 Å². The van der Waals surface area contributed by atoms with E-state index in [0.29, 0.717) is 11.3 Å². The number of nitrogens with zero attached hydrogens (tertiary/aromatic N) is 1. The average Bonchev–Trinajstić information content (AvgIpc) is 2.56. The van der Waals surface area contributed by atoms with Crippen molar-refractivity contribution in [2.75, 3.05) is 0 Å². The summed E-state index contributed by atoms with van der Waals surface area (Å²) in [5.41, 5.74) is 4.83. The van der Waals surface area contributed by atoms with Gasteiger partial charge < -0.3 is 14.9 Å². The summed E-state index contributed by atoms with van der Waals surface area (Å²) in [5.74, 6) is -0.557. The summed E-state index contributed by atoms with van der Waals surface area (Å²) in [5, 5.41) is 22.7. The number of benzene rings is 2. The summed E-state index contributed by atoms with van der Waals surface area (Å²) >= 11 is 5.75. The van der Waals surface area contributed by atoms with Crippen LogP contribution in [-0.2, 0) is 4.79 Å². The first-order valence-electron chi connectivity index (χ1n) is 7.57. The molecule has 2 aromatic carbocycles. The van der Waals surface area contributed by atoms with Crippen LogP contribution in [0.5, 0.6) is 17.2 Å². The molecule has 132 valence electrons. The van der Waals surface area contributed by atoms with Gasteiger partial charge >= 0.3 is 0 Å². The Hall–Kier alpha value is -2.73. The number of aryl methyl sites for hydroxylation is 1. The van der Waals surface area contributed by atoms with Gasteiger partial charge in [-0.2, -0.15) is 5.10 Å². The predicted octanol–water partition coefficient (Wildman–Crippen LogP) is 3.29. The van der Waals surface area contributed by atoms with Gasteiger partial charge in [0.1, 0.15) is 5.75 Å². The molecule has 3 N–H and O–H groups in total. The van der Waals surface area contributed by atoms with Crippen LogP contribution in [0.25, 0.3) is 0 Å². The van der Waals surface area contributed by atoms with Crippen molar-refractivity contribution in [2.45, 2.75) is 26.9 Å². The molecule has 25 heavy (non-hydrogen) atoms. The van der Waals surface area contributed by atoms with E-state index in [2.05, 4.69) is 10.5 Å². The smallest absolute Gasteiger partial charge is 0.280 e. The number of hydrazone groups is 1. The number of nitrogens with one attached hydrogen (secondary N) is 1. The summed E-state index contributed by atoms with van der Waals surface area (Å²) in [6, 6.07) is 8.31. The van der Waals surface area contributed by atoms with Crippen molar-refractivity contribution in [3.05, 3.63) is 52.0 Å². The number of carbonyl (C=O) groups is 1. The number of aromatic hydroxyl groups is 2. The maximum atomic E-state index is 12.1. The SMILES string of the molecule is Cc1cccc(O[C@@H](C)C(=O)N/N=C/c2cc(O)c(O)c(Cl)c2)c1C. The van der Waals surface area contributed by atoms with Crippen LogP contribution in [0.2, 0.25) is 5.02 Å². The van der Waals surface area contributed by atoms with E-state index in [1.54, 1.807) is 13.0 Å². The number of phenols is 2. The van der Waals surface area contributed by atoms with Crippen molar-refractivity contribution in [2.24, 2.45) is 5.10 Å². The lowest BCUT2D eigenvalue weighted by Crippen LogP contribution is -2.33. The molecule has 1 amide bonds. The Morgan fingerprint density at radius 3 is 2.72 bits per heavy atom. The third kappa shape index (κ3) is 4.64. The number of phenolic OH excluding ortho intramolecular Hbond substituents is 2. The number of rotatable bonds is 5. The Labute approximate surface area is 150 Å². The fraction of sp³-hybridized carbons (Fsp3) is 0.222. The van der Waals surface area contributed by atoms with Gasteiger partial charge in [0.05, 0.1) is 11.2 Å².